The van der Waals surface area contributed by atoms with Gasteiger partial charge in [-0.3, -0.25) is 4.79 Å². The molecule has 0 fully saturated rings. The van der Waals surface area contributed by atoms with E-state index >= 15 is 0 Å². The Balaban J connectivity index is 2.25. The molecule has 1 rings (SSSR count). The third kappa shape index (κ3) is 3.03. The van der Waals surface area contributed by atoms with Crippen molar-refractivity contribution in [3.8, 4) is 0 Å². The monoisotopic (exact) mass is 152 g/mol. The van der Waals surface area contributed by atoms with Crippen LogP contribution in [0.4, 0.5) is 0 Å². The first-order valence-electron chi connectivity index (χ1n) is 3.84. The molecular weight excluding hydrogens is 140 g/mol. The fraction of sp³-hybridized carbons (Fsp3) is 0.444. The fourth-order valence-electron chi connectivity index (χ4n) is 1.13. The second-order valence-corrected chi connectivity index (χ2v) is 2.69. The summed E-state index contributed by atoms with van der Waals surface area (Å²) in [6.07, 6.45) is 10.3. The van der Waals surface area contributed by atoms with Crippen LogP contribution in [-0.2, 0) is 4.79 Å². The van der Waals surface area contributed by atoms with Gasteiger partial charge in [0.25, 0.3) is 0 Å². The average Bonchev–Trinajstić information content (AvgIpc) is 2.03. The lowest BCUT2D eigenvalue weighted by molar-refractivity contribution is -0.137. The van der Waals surface area contributed by atoms with Crippen molar-refractivity contribution in [1.29, 1.82) is 0 Å². The second-order valence-electron chi connectivity index (χ2n) is 2.69. The van der Waals surface area contributed by atoms with Crippen molar-refractivity contribution in [3.63, 3.8) is 0 Å². The highest BCUT2D eigenvalue weighted by Crippen LogP contribution is 2.14. The van der Waals surface area contributed by atoms with E-state index in [1.165, 1.54) is 0 Å². The van der Waals surface area contributed by atoms with E-state index in [1.54, 1.807) is 0 Å². The molecule has 0 radical (unpaired) electrons. The molecule has 1 N–H and O–H groups in total. The highest BCUT2D eigenvalue weighted by Gasteiger charge is 2.05. The second kappa shape index (κ2) is 3.96. The molecule has 1 aliphatic rings. The summed E-state index contributed by atoms with van der Waals surface area (Å²) in [7, 11) is 0. The summed E-state index contributed by atoms with van der Waals surface area (Å²) in [5.74, 6) is -0.364. The van der Waals surface area contributed by atoms with E-state index in [0.29, 0.717) is 5.92 Å². The molecule has 0 spiro atoms. The Labute approximate surface area is 66.2 Å². The van der Waals surface area contributed by atoms with Gasteiger partial charge in [0, 0.05) is 6.42 Å². The molecule has 0 aliphatic heterocycles. The van der Waals surface area contributed by atoms with Crippen molar-refractivity contribution in [2.45, 2.75) is 19.3 Å². The number of rotatable bonds is 3. The molecule has 0 unspecified atom stereocenters. The van der Waals surface area contributed by atoms with Gasteiger partial charge < -0.3 is 5.11 Å². The van der Waals surface area contributed by atoms with Crippen molar-refractivity contribution in [3.05, 3.63) is 24.3 Å². The Morgan fingerprint density at radius 1 is 1.45 bits per heavy atom. The Kier molecular flexibility index (Phi) is 2.90. The first kappa shape index (κ1) is 8.05. The standard InChI is InChI=1S/C9H12O2/c10-9(11)7-6-8-4-2-1-3-5-8/h2-5,8H,1,6-7H2,(H,10,11). The molecule has 0 aromatic carbocycles. The minimum absolute atomic E-state index is 0.263. The molecular formula is C9H12O2. The van der Waals surface area contributed by atoms with Gasteiger partial charge in [-0.05, 0) is 18.8 Å². The summed E-state index contributed by atoms with van der Waals surface area (Å²) in [5.41, 5.74) is 0. The molecule has 0 amide bonds. The molecule has 0 saturated heterocycles. The Morgan fingerprint density at radius 3 is 2.64 bits per heavy atom. The largest absolute Gasteiger partial charge is 0.481 e. The van der Waals surface area contributed by atoms with Gasteiger partial charge in [0.2, 0.25) is 0 Å². The van der Waals surface area contributed by atoms with E-state index in [-0.39, 0.29) is 6.42 Å². The topological polar surface area (TPSA) is 37.3 Å². The highest BCUT2D eigenvalue weighted by molar-refractivity contribution is 5.66. The maximum absolute atomic E-state index is 10.2. The van der Waals surface area contributed by atoms with Crippen molar-refractivity contribution < 1.29 is 9.90 Å². The lowest BCUT2D eigenvalue weighted by Gasteiger charge is -2.07. The molecule has 0 heterocycles. The predicted molar refractivity (Wildman–Crippen MR) is 43.3 cm³/mol. The minimum Gasteiger partial charge on any atom is -0.481 e. The number of carboxylic acids is 1. The van der Waals surface area contributed by atoms with Gasteiger partial charge in [0.1, 0.15) is 0 Å². The highest BCUT2D eigenvalue weighted by atomic mass is 16.4. The smallest absolute Gasteiger partial charge is 0.303 e. The van der Waals surface area contributed by atoms with Crippen LogP contribution < -0.4 is 0 Å². The molecule has 1 aliphatic carbocycles. The van der Waals surface area contributed by atoms with Gasteiger partial charge >= 0.3 is 5.97 Å². The van der Waals surface area contributed by atoms with Gasteiger partial charge in [0.05, 0.1) is 0 Å². The Bertz CT molecular complexity index is 180. The lowest BCUT2D eigenvalue weighted by atomic mass is 9.98. The Morgan fingerprint density at radius 2 is 2.09 bits per heavy atom. The van der Waals surface area contributed by atoms with Crippen LogP contribution >= 0.6 is 0 Å². The maximum atomic E-state index is 10.2. The van der Waals surface area contributed by atoms with E-state index in [2.05, 4.69) is 24.3 Å². The van der Waals surface area contributed by atoms with Crippen LogP contribution in [0.5, 0.6) is 0 Å². The Hall–Kier alpha value is -1.05. The molecule has 2 nitrogen and oxygen atoms in total. The predicted octanol–water partition coefficient (Wildman–Crippen LogP) is 1.98. The average molecular weight is 152 g/mol. The van der Waals surface area contributed by atoms with Crippen molar-refractivity contribution in [2.24, 2.45) is 5.92 Å². The van der Waals surface area contributed by atoms with E-state index in [0.717, 1.165) is 12.8 Å². The van der Waals surface area contributed by atoms with Crippen LogP contribution in [0.2, 0.25) is 0 Å². The summed E-state index contributed by atoms with van der Waals surface area (Å²) >= 11 is 0. The zero-order valence-corrected chi connectivity index (χ0v) is 6.36. The summed E-state index contributed by atoms with van der Waals surface area (Å²) < 4.78 is 0. The van der Waals surface area contributed by atoms with Gasteiger partial charge in [-0.15, -0.1) is 0 Å². The summed E-state index contributed by atoms with van der Waals surface area (Å²) in [5, 5.41) is 8.40. The lowest BCUT2D eigenvalue weighted by Crippen LogP contribution is -2.00. The number of carbonyl (C=O) groups is 1. The third-order valence-corrected chi connectivity index (χ3v) is 1.73. The zero-order chi connectivity index (χ0) is 8.10. The SMILES string of the molecule is O=C(O)CCC1C=CCC=C1. The summed E-state index contributed by atoms with van der Waals surface area (Å²) in [6, 6.07) is 0. The maximum Gasteiger partial charge on any atom is 0.303 e. The number of allylic oxidation sites excluding steroid dienone is 4. The quantitative estimate of drug-likeness (QED) is 0.628. The molecule has 0 aromatic rings. The van der Waals surface area contributed by atoms with Crippen LogP contribution in [0.15, 0.2) is 24.3 Å². The van der Waals surface area contributed by atoms with Crippen LogP contribution in [0.1, 0.15) is 19.3 Å². The van der Waals surface area contributed by atoms with Gasteiger partial charge in [-0.1, -0.05) is 24.3 Å². The van der Waals surface area contributed by atoms with Crippen molar-refractivity contribution in [1.82, 2.24) is 0 Å². The number of hydrogen-bond acceptors (Lipinski definition) is 1. The van der Waals surface area contributed by atoms with Crippen LogP contribution in [0, 0.1) is 5.92 Å². The van der Waals surface area contributed by atoms with Gasteiger partial charge in [-0.2, -0.15) is 0 Å². The van der Waals surface area contributed by atoms with Crippen molar-refractivity contribution >= 4 is 5.97 Å². The number of aliphatic carboxylic acids is 1. The van der Waals surface area contributed by atoms with Crippen molar-refractivity contribution in [2.75, 3.05) is 0 Å². The molecule has 0 aromatic heterocycles. The van der Waals surface area contributed by atoms with E-state index in [9.17, 15) is 4.79 Å². The van der Waals surface area contributed by atoms with Gasteiger partial charge in [0.15, 0.2) is 0 Å². The van der Waals surface area contributed by atoms with Crippen LogP contribution in [0.3, 0.4) is 0 Å². The molecule has 60 valence electrons. The van der Waals surface area contributed by atoms with Gasteiger partial charge in [-0.25, -0.2) is 0 Å². The summed E-state index contributed by atoms with van der Waals surface area (Å²) in [4.78, 5) is 10.2. The first-order chi connectivity index (χ1) is 5.29. The summed E-state index contributed by atoms with van der Waals surface area (Å²) in [6.45, 7) is 0. The van der Waals surface area contributed by atoms with Crippen LogP contribution in [-0.4, -0.2) is 11.1 Å². The van der Waals surface area contributed by atoms with E-state index in [4.69, 9.17) is 5.11 Å². The normalized spacial score (nSPS) is 17.1. The number of hydrogen-bond donors (Lipinski definition) is 1. The first-order valence-corrected chi connectivity index (χ1v) is 3.84. The van der Waals surface area contributed by atoms with E-state index in [1.807, 2.05) is 0 Å². The molecule has 0 saturated carbocycles. The molecule has 2 heteroatoms. The molecule has 0 bridgehead atoms. The fourth-order valence-corrected chi connectivity index (χ4v) is 1.13. The minimum atomic E-state index is -0.711. The van der Waals surface area contributed by atoms with Crippen LogP contribution in [0.25, 0.3) is 0 Å². The molecule has 11 heavy (non-hydrogen) atoms. The zero-order valence-electron chi connectivity index (χ0n) is 6.36. The third-order valence-electron chi connectivity index (χ3n) is 1.73. The molecule has 0 atom stereocenters. The van der Waals surface area contributed by atoms with E-state index < -0.39 is 5.97 Å². The number of carboxylic acid groups (broad SMARTS) is 1.